The Bertz CT molecular complexity index is 941. The first-order valence-electron chi connectivity index (χ1n) is 8.19. The van der Waals surface area contributed by atoms with Crippen molar-refractivity contribution in [3.8, 4) is 22.1 Å². The van der Waals surface area contributed by atoms with Gasteiger partial charge in [0.2, 0.25) is 0 Å². The fraction of sp³-hybridized carbons (Fsp3) is 0.200. The highest BCUT2D eigenvalue weighted by atomic mass is 32.1. The predicted octanol–water partition coefficient (Wildman–Crippen LogP) is 4.24. The minimum absolute atomic E-state index is 0.177. The Kier molecular flexibility index (Phi) is 5.71. The average molecular weight is 386 g/mol. The summed E-state index contributed by atoms with van der Waals surface area (Å²) in [7, 11) is 4.69. The van der Waals surface area contributed by atoms with E-state index in [1.165, 1.54) is 29.4 Å². The number of benzene rings is 2. The van der Waals surface area contributed by atoms with Gasteiger partial charge >= 0.3 is 0 Å². The molecule has 2 aromatic carbocycles. The second-order valence-electron chi connectivity index (χ2n) is 5.90. The van der Waals surface area contributed by atoms with E-state index in [1.54, 1.807) is 31.7 Å². The van der Waals surface area contributed by atoms with Crippen molar-refractivity contribution in [2.24, 2.45) is 0 Å². The van der Waals surface area contributed by atoms with Gasteiger partial charge in [-0.15, -0.1) is 11.3 Å². The van der Waals surface area contributed by atoms with Crippen LogP contribution >= 0.6 is 11.3 Å². The number of amides is 1. The van der Waals surface area contributed by atoms with Gasteiger partial charge in [0.15, 0.2) is 11.6 Å². The van der Waals surface area contributed by atoms with Crippen molar-refractivity contribution in [2.45, 2.75) is 6.54 Å². The molecule has 0 aliphatic heterocycles. The number of rotatable bonds is 6. The van der Waals surface area contributed by atoms with Crippen LogP contribution in [0.15, 0.2) is 47.8 Å². The Labute approximate surface area is 161 Å². The Hall–Kier alpha value is -2.93. The van der Waals surface area contributed by atoms with Crippen LogP contribution in [-0.4, -0.2) is 37.1 Å². The minimum atomic E-state index is -0.453. The van der Waals surface area contributed by atoms with Crippen molar-refractivity contribution in [2.75, 3.05) is 21.3 Å². The summed E-state index contributed by atoms with van der Waals surface area (Å²) in [6.07, 6.45) is 0. The first kappa shape index (κ1) is 18.8. The fourth-order valence-electron chi connectivity index (χ4n) is 2.59. The van der Waals surface area contributed by atoms with E-state index in [9.17, 15) is 9.18 Å². The molecule has 5 nitrogen and oxygen atoms in total. The van der Waals surface area contributed by atoms with Crippen LogP contribution in [0.2, 0.25) is 0 Å². The summed E-state index contributed by atoms with van der Waals surface area (Å²) in [4.78, 5) is 18.6. The standard InChI is InChI=1S/C20H19FN2O3S/c1-23(11-13-4-9-18(26-3)16(21)10-13)20(24)17-12-27-19(22-17)14-5-7-15(25-2)8-6-14/h4-10,12H,11H2,1-3H3. The molecule has 3 aromatic rings. The van der Waals surface area contributed by atoms with Gasteiger partial charge < -0.3 is 14.4 Å². The van der Waals surface area contributed by atoms with Gasteiger partial charge in [-0.05, 0) is 42.0 Å². The largest absolute Gasteiger partial charge is 0.497 e. The number of hydrogen-bond donors (Lipinski definition) is 0. The molecule has 0 radical (unpaired) electrons. The molecule has 0 saturated heterocycles. The van der Waals surface area contributed by atoms with Crippen molar-refractivity contribution < 1.29 is 18.7 Å². The molecule has 0 fully saturated rings. The molecule has 7 heteroatoms. The molecule has 3 rings (SSSR count). The highest BCUT2D eigenvalue weighted by Crippen LogP contribution is 2.26. The molecule has 0 atom stereocenters. The number of carbonyl (C=O) groups is 1. The smallest absolute Gasteiger partial charge is 0.273 e. The van der Waals surface area contributed by atoms with Crippen molar-refractivity contribution >= 4 is 17.2 Å². The second kappa shape index (κ2) is 8.18. The Balaban J connectivity index is 1.71. The number of aromatic nitrogens is 1. The van der Waals surface area contributed by atoms with Crippen LogP contribution in [0.1, 0.15) is 16.1 Å². The van der Waals surface area contributed by atoms with E-state index in [-0.39, 0.29) is 18.2 Å². The van der Waals surface area contributed by atoms with Gasteiger partial charge in [0.05, 0.1) is 14.2 Å². The highest BCUT2D eigenvalue weighted by molar-refractivity contribution is 7.13. The van der Waals surface area contributed by atoms with E-state index in [4.69, 9.17) is 9.47 Å². The molecule has 0 bridgehead atoms. The number of thiazole rings is 1. The van der Waals surface area contributed by atoms with Crippen LogP contribution in [0, 0.1) is 5.82 Å². The molecule has 1 aromatic heterocycles. The van der Waals surface area contributed by atoms with Crippen LogP contribution in [0.5, 0.6) is 11.5 Å². The zero-order valence-electron chi connectivity index (χ0n) is 15.2. The second-order valence-corrected chi connectivity index (χ2v) is 6.75. The fourth-order valence-corrected chi connectivity index (χ4v) is 3.39. The van der Waals surface area contributed by atoms with Gasteiger partial charge in [0, 0.05) is 24.5 Å². The average Bonchev–Trinajstić information content (AvgIpc) is 3.17. The topological polar surface area (TPSA) is 51.7 Å². The normalized spacial score (nSPS) is 10.5. The number of nitrogens with zero attached hydrogens (tertiary/aromatic N) is 2. The van der Waals surface area contributed by atoms with Crippen LogP contribution in [0.3, 0.4) is 0 Å². The summed E-state index contributed by atoms with van der Waals surface area (Å²) >= 11 is 1.40. The number of ether oxygens (including phenoxy) is 2. The van der Waals surface area contributed by atoms with E-state index >= 15 is 0 Å². The molecule has 0 aliphatic carbocycles. The minimum Gasteiger partial charge on any atom is -0.497 e. The first-order valence-corrected chi connectivity index (χ1v) is 9.07. The third-order valence-electron chi connectivity index (χ3n) is 4.04. The molecule has 0 saturated carbocycles. The van der Waals surface area contributed by atoms with Gasteiger partial charge in [-0.1, -0.05) is 6.07 Å². The molecular formula is C20H19FN2O3S. The number of halogens is 1. The number of methoxy groups -OCH3 is 2. The van der Waals surface area contributed by atoms with Gasteiger partial charge in [0.25, 0.3) is 5.91 Å². The van der Waals surface area contributed by atoms with Crippen molar-refractivity contribution in [1.29, 1.82) is 0 Å². The van der Waals surface area contributed by atoms with E-state index in [1.807, 2.05) is 24.3 Å². The Morgan fingerprint density at radius 2 is 1.89 bits per heavy atom. The quantitative estimate of drug-likeness (QED) is 0.636. The Morgan fingerprint density at radius 3 is 2.52 bits per heavy atom. The van der Waals surface area contributed by atoms with Gasteiger partial charge in [-0.25, -0.2) is 9.37 Å². The molecule has 0 spiro atoms. The first-order chi connectivity index (χ1) is 13.0. The maximum absolute atomic E-state index is 13.8. The molecular weight excluding hydrogens is 367 g/mol. The van der Waals surface area contributed by atoms with Crippen LogP contribution in [0.25, 0.3) is 10.6 Å². The lowest BCUT2D eigenvalue weighted by Gasteiger charge is -2.16. The summed E-state index contributed by atoms with van der Waals surface area (Å²) in [6.45, 7) is 0.273. The molecule has 0 unspecified atom stereocenters. The lowest BCUT2D eigenvalue weighted by Crippen LogP contribution is -2.26. The SMILES string of the molecule is COc1ccc(-c2nc(C(=O)N(C)Cc3ccc(OC)c(F)c3)cs2)cc1. The number of carbonyl (C=O) groups excluding carboxylic acids is 1. The zero-order valence-corrected chi connectivity index (χ0v) is 16.0. The lowest BCUT2D eigenvalue weighted by atomic mass is 10.2. The monoisotopic (exact) mass is 386 g/mol. The zero-order chi connectivity index (χ0) is 19.4. The molecule has 27 heavy (non-hydrogen) atoms. The third-order valence-corrected chi connectivity index (χ3v) is 4.93. The summed E-state index contributed by atoms with van der Waals surface area (Å²) in [5.41, 5.74) is 1.96. The van der Waals surface area contributed by atoms with Gasteiger partial charge in [-0.2, -0.15) is 0 Å². The van der Waals surface area contributed by atoms with Crippen LogP contribution in [0.4, 0.5) is 4.39 Å². The van der Waals surface area contributed by atoms with Crippen LogP contribution in [-0.2, 0) is 6.54 Å². The van der Waals surface area contributed by atoms with E-state index in [0.717, 1.165) is 16.3 Å². The molecule has 0 aliphatic rings. The van der Waals surface area contributed by atoms with Gasteiger partial charge in [-0.3, -0.25) is 4.79 Å². The lowest BCUT2D eigenvalue weighted by molar-refractivity contribution is 0.0780. The van der Waals surface area contributed by atoms with Gasteiger partial charge in [0.1, 0.15) is 16.5 Å². The van der Waals surface area contributed by atoms with E-state index in [2.05, 4.69) is 4.98 Å². The molecule has 140 valence electrons. The van der Waals surface area contributed by atoms with Crippen molar-refractivity contribution in [3.63, 3.8) is 0 Å². The Morgan fingerprint density at radius 1 is 1.15 bits per heavy atom. The summed E-state index contributed by atoms with van der Waals surface area (Å²) < 4.78 is 23.9. The maximum Gasteiger partial charge on any atom is 0.273 e. The summed E-state index contributed by atoms with van der Waals surface area (Å²) in [5, 5.41) is 2.48. The third kappa shape index (κ3) is 4.25. The van der Waals surface area contributed by atoms with Crippen molar-refractivity contribution in [3.05, 3.63) is 64.9 Å². The summed E-state index contributed by atoms with van der Waals surface area (Å²) in [6, 6.07) is 12.1. The van der Waals surface area contributed by atoms with Crippen molar-refractivity contribution in [1.82, 2.24) is 9.88 Å². The molecule has 0 N–H and O–H groups in total. The molecule has 1 amide bonds. The predicted molar refractivity (Wildman–Crippen MR) is 103 cm³/mol. The van der Waals surface area contributed by atoms with E-state index in [0.29, 0.717) is 11.3 Å². The molecule has 1 heterocycles. The van der Waals surface area contributed by atoms with E-state index < -0.39 is 5.82 Å². The maximum atomic E-state index is 13.8. The van der Waals surface area contributed by atoms with Crippen LogP contribution < -0.4 is 9.47 Å². The number of hydrogen-bond acceptors (Lipinski definition) is 5. The summed E-state index contributed by atoms with van der Waals surface area (Å²) in [5.74, 6) is 0.267. The highest BCUT2D eigenvalue weighted by Gasteiger charge is 2.17.